The third-order valence-corrected chi connectivity index (χ3v) is 6.68. The summed E-state index contributed by atoms with van der Waals surface area (Å²) < 4.78 is 1.15. The standard InChI is InChI=1S/C24H35N5OS/c1-6-7-12-25-24-27-17(5)21(23-28-19-10-8-9-11-20(19)31-23)22(29-24)26-16(4)13-18(14-30)15(2)3/h8-11,15-16,18,30H,6-7,12-14H2,1-5H3,(H2,25,26,27,29)/t16?,18-/m1/s1. The molecule has 6 nitrogen and oxygen atoms in total. The minimum Gasteiger partial charge on any atom is -0.396 e. The summed E-state index contributed by atoms with van der Waals surface area (Å²) >= 11 is 1.66. The number of fused-ring (bicyclic) bond motifs is 1. The van der Waals surface area contributed by atoms with Crippen LogP contribution in [0.25, 0.3) is 20.8 Å². The minimum atomic E-state index is 0.158. The monoisotopic (exact) mass is 441 g/mol. The Bertz CT molecular complexity index is 954. The maximum Gasteiger partial charge on any atom is 0.224 e. The summed E-state index contributed by atoms with van der Waals surface area (Å²) in [5.41, 5.74) is 2.86. The third-order valence-electron chi connectivity index (χ3n) is 5.63. The molecule has 3 aromatic rings. The molecule has 3 N–H and O–H groups in total. The summed E-state index contributed by atoms with van der Waals surface area (Å²) in [6, 6.07) is 8.34. The van der Waals surface area contributed by atoms with Crippen molar-refractivity contribution in [2.45, 2.75) is 59.9 Å². The Labute approximate surface area is 189 Å². The molecule has 0 fully saturated rings. The Hall–Kier alpha value is -2.25. The van der Waals surface area contributed by atoms with Crippen molar-refractivity contribution < 1.29 is 5.11 Å². The van der Waals surface area contributed by atoms with E-state index in [0.29, 0.717) is 11.9 Å². The first-order valence-electron chi connectivity index (χ1n) is 11.3. The molecule has 0 radical (unpaired) electrons. The number of nitrogens with one attached hydrogen (secondary N) is 2. The van der Waals surface area contributed by atoms with Gasteiger partial charge in [-0.2, -0.15) is 4.98 Å². The molecule has 0 bridgehead atoms. The Balaban J connectivity index is 1.96. The molecule has 0 aliphatic rings. The largest absolute Gasteiger partial charge is 0.396 e. The summed E-state index contributed by atoms with van der Waals surface area (Å²) in [6.07, 6.45) is 3.07. The summed E-state index contributed by atoms with van der Waals surface area (Å²) in [5, 5.41) is 17.7. The smallest absolute Gasteiger partial charge is 0.224 e. The molecule has 1 unspecified atom stereocenters. The van der Waals surface area contributed by atoms with Crippen LogP contribution in [0.4, 0.5) is 11.8 Å². The number of anilines is 2. The lowest BCUT2D eigenvalue weighted by atomic mass is 9.90. The van der Waals surface area contributed by atoms with Crippen LogP contribution < -0.4 is 10.6 Å². The molecule has 0 aliphatic heterocycles. The van der Waals surface area contributed by atoms with E-state index in [1.54, 1.807) is 11.3 Å². The maximum absolute atomic E-state index is 9.76. The van der Waals surface area contributed by atoms with Gasteiger partial charge >= 0.3 is 0 Å². The van der Waals surface area contributed by atoms with Gasteiger partial charge < -0.3 is 15.7 Å². The number of para-hydroxylation sites is 1. The molecule has 0 saturated carbocycles. The molecular weight excluding hydrogens is 406 g/mol. The summed E-state index contributed by atoms with van der Waals surface area (Å²) in [7, 11) is 0. The molecule has 3 rings (SSSR count). The van der Waals surface area contributed by atoms with Gasteiger partial charge in [-0.15, -0.1) is 11.3 Å². The molecule has 7 heteroatoms. The number of unbranched alkanes of at least 4 members (excludes halogenated alkanes) is 1. The van der Waals surface area contributed by atoms with Crippen molar-refractivity contribution in [3.05, 3.63) is 30.0 Å². The predicted molar refractivity (Wildman–Crippen MR) is 132 cm³/mol. The fourth-order valence-corrected chi connectivity index (χ4v) is 4.74. The average molecular weight is 442 g/mol. The van der Waals surface area contributed by atoms with Crippen molar-refractivity contribution in [3.8, 4) is 10.6 Å². The van der Waals surface area contributed by atoms with Crippen LogP contribution in [-0.2, 0) is 0 Å². The van der Waals surface area contributed by atoms with Crippen molar-refractivity contribution in [1.29, 1.82) is 0 Å². The fourth-order valence-electron chi connectivity index (χ4n) is 3.67. The van der Waals surface area contributed by atoms with Crippen molar-refractivity contribution in [2.24, 2.45) is 11.8 Å². The van der Waals surface area contributed by atoms with Crippen molar-refractivity contribution >= 4 is 33.3 Å². The lowest BCUT2D eigenvalue weighted by molar-refractivity contribution is 0.177. The van der Waals surface area contributed by atoms with Crippen LogP contribution in [0.3, 0.4) is 0 Å². The molecule has 2 atom stereocenters. The van der Waals surface area contributed by atoms with Gasteiger partial charge in [-0.1, -0.05) is 39.3 Å². The van der Waals surface area contributed by atoms with E-state index in [9.17, 15) is 5.11 Å². The van der Waals surface area contributed by atoms with E-state index in [1.807, 2.05) is 25.1 Å². The highest BCUT2D eigenvalue weighted by atomic mass is 32.1. The van der Waals surface area contributed by atoms with E-state index in [1.165, 1.54) is 0 Å². The number of aliphatic hydroxyl groups excluding tert-OH is 1. The molecule has 168 valence electrons. The summed E-state index contributed by atoms with van der Waals surface area (Å²) in [4.78, 5) is 14.4. The summed E-state index contributed by atoms with van der Waals surface area (Å²) in [5.74, 6) is 2.13. The van der Waals surface area contributed by atoms with Crippen molar-refractivity contribution in [1.82, 2.24) is 15.0 Å². The van der Waals surface area contributed by atoms with E-state index in [-0.39, 0.29) is 18.6 Å². The van der Waals surface area contributed by atoms with E-state index >= 15 is 0 Å². The third kappa shape index (κ3) is 5.92. The van der Waals surface area contributed by atoms with Crippen LogP contribution in [0.1, 0.15) is 52.7 Å². The zero-order valence-corrected chi connectivity index (χ0v) is 20.1. The van der Waals surface area contributed by atoms with Gasteiger partial charge in [0.15, 0.2) is 0 Å². The first-order chi connectivity index (χ1) is 14.9. The second-order valence-corrected chi connectivity index (χ2v) is 9.62. The summed E-state index contributed by atoms with van der Waals surface area (Å²) in [6.45, 7) is 11.7. The van der Waals surface area contributed by atoms with Crippen LogP contribution in [-0.4, -0.2) is 39.3 Å². The fraction of sp³-hybridized carbons (Fsp3) is 0.542. The maximum atomic E-state index is 9.76. The van der Waals surface area contributed by atoms with E-state index < -0.39 is 0 Å². The zero-order valence-electron chi connectivity index (χ0n) is 19.3. The number of aromatic nitrogens is 3. The van der Waals surface area contributed by atoms with Crippen LogP contribution in [0.5, 0.6) is 0 Å². The van der Waals surface area contributed by atoms with E-state index in [4.69, 9.17) is 15.0 Å². The number of rotatable bonds is 11. The number of hydrogen-bond donors (Lipinski definition) is 3. The van der Waals surface area contributed by atoms with Gasteiger partial charge in [-0.25, -0.2) is 9.97 Å². The Morgan fingerprint density at radius 2 is 1.87 bits per heavy atom. The van der Waals surface area contributed by atoms with Crippen molar-refractivity contribution in [2.75, 3.05) is 23.8 Å². The molecule has 1 aromatic carbocycles. The van der Waals surface area contributed by atoms with Crippen LogP contribution in [0, 0.1) is 18.8 Å². The van der Waals surface area contributed by atoms with Gasteiger partial charge in [0.25, 0.3) is 0 Å². The Morgan fingerprint density at radius 3 is 2.55 bits per heavy atom. The van der Waals surface area contributed by atoms with Crippen LogP contribution in [0.2, 0.25) is 0 Å². The molecule has 2 aromatic heterocycles. The van der Waals surface area contributed by atoms with Gasteiger partial charge in [-0.3, -0.25) is 0 Å². The van der Waals surface area contributed by atoms with E-state index in [2.05, 4.69) is 44.4 Å². The van der Waals surface area contributed by atoms with Gasteiger partial charge in [0.2, 0.25) is 5.95 Å². The number of hydrogen-bond acceptors (Lipinski definition) is 7. The van der Waals surface area contributed by atoms with E-state index in [0.717, 1.165) is 58.1 Å². The highest BCUT2D eigenvalue weighted by Crippen LogP contribution is 2.36. The number of nitrogens with zero attached hydrogens (tertiary/aromatic N) is 3. The molecule has 0 amide bonds. The first kappa shape index (κ1) is 23.4. The average Bonchev–Trinajstić information content (AvgIpc) is 3.15. The normalized spacial score (nSPS) is 13.5. The number of aliphatic hydroxyl groups is 1. The molecule has 0 spiro atoms. The number of aryl methyl sites for hydroxylation is 1. The van der Waals surface area contributed by atoms with Crippen LogP contribution >= 0.6 is 11.3 Å². The Morgan fingerprint density at radius 1 is 1.10 bits per heavy atom. The Kier molecular flexibility index (Phi) is 8.21. The molecule has 0 aliphatic carbocycles. The van der Waals surface area contributed by atoms with Crippen LogP contribution in [0.15, 0.2) is 24.3 Å². The first-order valence-corrected chi connectivity index (χ1v) is 12.1. The second-order valence-electron chi connectivity index (χ2n) is 8.59. The SMILES string of the molecule is CCCCNc1nc(C)c(-c2nc3ccccc3s2)c(NC(C)C[C@H](CO)C(C)C)n1. The van der Waals surface area contributed by atoms with Crippen molar-refractivity contribution in [3.63, 3.8) is 0 Å². The lowest BCUT2D eigenvalue weighted by Gasteiger charge is -2.24. The molecule has 31 heavy (non-hydrogen) atoms. The number of thiazole rings is 1. The zero-order chi connectivity index (χ0) is 22.4. The number of benzene rings is 1. The van der Waals surface area contributed by atoms with Gasteiger partial charge in [0.1, 0.15) is 10.8 Å². The molecule has 0 saturated heterocycles. The van der Waals surface area contributed by atoms with Gasteiger partial charge in [0, 0.05) is 19.2 Å². The highest BCUT2D eigenvalue weighted by molar-refractivity contribution is 7.21. The highest BCUT2D eigenvalue weighted by Gasteiger charge is 2.21. The topological polar surface area (TPSA) is 83.0 Å². The van der Waals surface area contributed by atoms with Gasteiger partial charge in [0.05, 0.1) is 21.5 Å². The minimum absolute atomic E-state index is 0.158. The molecular formula is C24H35N5OS. The second kappa shape index (κ2) is 10.9. The predicted octanol–water partition coefficient (Wildman–Crippen LogP) is 5.73. The molecule has 2 heterocycles. The van der Waals surface area contributed by atoms with Gasteiger partial charge in [-0.05, 0) is 50.7 Å². The lowest BCUT2D eigenvalue weighted by Crippen LogP contribution is -2.25. The quantitative estimate of drug-likeness (QED) is 0.330.